The first-order valence-corrected chi connectivity index (χ1v) is 9.69. The average Bonchev–Trinajstić information content (AvgIpc) is 2.63. The van der Waals surface area contributed by atoms with E-state index in [1.807, 2.05) is 30.3 Å². The fraction of sp³-hybridized carbons (Fsp3) is 0.263. The molecule has 1 aliphatic heterocycles. The zero-order valence-corrected chi connectivity index (χ0v) is 14.7. The van der Waals surface area contributed by atoms with Gasteiger partial charge in [-0.05, 0) is 29.8 Å². The van der Waals surface area contributed by atoms with Crippen LogP contribution in [0.3, 0.4) is 0 Å². The molecule has 1 saturated heterocycles. The Labute approximate surface area is 148 Å². The smallest absolute Gasteiger partial charge is 0.243 e. The van der Waals surface area contributed by atoms with Gasteiger partial charge < -0.3 is 0 Å². The minimum Gasteiger partial charge on any atom is -0.297 e. The molecule has 1 aliphatic rings. The van der Waals surface area contributed by atoms with E-state index in [2.05, 4.69) is 17.1 Å². The van der Waals surface area contributed by atoms with Crippen molar-refractivity contribution in [3.63, 3.8) is 0 Å². The minimum atomic E-state index is -3.54. The summed E-state index contributed by atoms with van der Waals surface area (Å²) < 4.78 is 39.6. The van der Waals surface area contributed by atoms with Crippen LogP contribution in [0.25, 0.3) is 6.08 Å². The maximum atomic E-state index is 13.0. The number of sulfonamides is 1. The normalized spacial score (nSPS) is 17.2. The lowest BCUT2D eigenvalue weighted by Gasteiger charge is -2.33. The van der Waals surface area contributed by atoms with Gasteiger partial charge in [0.15, 0.2) is 0 Å². The van der Waals surface area contributed by atoms with E-state index in [1.54, 1.807) is 0 Å². The number of rotatable bonds is 5. The second-order valence-electron chi connectivity index (χ2n) is 5.97. The van der Waals surface area contributed by atoms with E-state index in [9.17, 15) is 12.8 Å². The second-order valence-corrected chi connectivity index (χ2v) is 7.91. The summed E-state index contributed by atoms with van der Waals surface area (Å²) in [7, 11) is -3.54. The summed E-state index contributed by atoms with van der Waals surface area (Å²) in [5, 5.41) is 0. The Hall–Kier alpha value is -2.02. The predicted octanol–water partition coefficient (Wildman–Crippen LogP) is 2.85. The van der Waals surface area contributed by atoms with Crippen LogP contribution in [0.5, 0.6) is 0 Å². The zero-order valence-electron chi connectivity index (χ0n) is 13.9. The summed E-state index contributed by atoms with van der Waals surface area (Å²) in [6.07, 6.45) is 4.17. The first-order valence-electron chi connectivity index (χ1n) is 8.25. The third-order valence-corrected chi connectivity index (χ3v) is 6.17. The highest BCUT2D eigenvalue weighted by atomic mass is 32.2. The Balaban J connectivity index is 1.54. The minimum absolute atomic E-state index is 0.145. The van der Waals surface area contributed by atoms with Gasteiger partial charge in [0.25, 0.3) is 0 Å². The number of benzene rings is 2. The molecule has 132 valence electrons. The van der Waals surface area contributed by atoms with Crippen LogP contribution in [0, 0.1) is 5.82 Å². The monoisotopic (exact) mass is 360 g/mol. The molecule has 1 fully saturated rings. The molecule has 0 N–H and O–H groups in total. The van der Waals surface area contributed by atoms with Gasteiger partial charge in [0, 0.05) is 32.7 Å². The first-order chi connectivity index (χ1) is 12.1. The number of nitrogens with zero attached hydrogens (tertiary/aromatic N) is 2. The predicted molar refractivity (Wildman–Crippen MR) is 97.1 cm³/mol. The highest BCUT2D eigenvalue weighted by Gasteiger charge is 2.27. The fourth-order valence-corrected chi connectivity index (χ4v) is 4.23. The molecule has 0 saturated carbocycles. The molecule has 4 nitrogen and oxygen atoms in total. The summed E-state index contributed by atoms with van der Waals surface area (Å²) in [6, 6.07) is 15.1. The summed E-state index contributed by atoms with van der Waals surface area (Å²) in [5.41, 5.74) is 1.15. The van der Waals surface area contributed by atoms with Gasteiger partial charge >= 0.3 is 0 Å². The van der Waals surface area contributed by atoms with Crippen molar-refractivity contribution in [3.8, 4) is 0 Å². The number of piperazine rings is 1. The molecule has 0 unspecified atom stereocenters. The van der Waals surface area contributed by atoms with Gasteiger partial charge in [-0.2, -0.15) is 4.31 Å². The molecule has 3 rings (SSSR count). The topological polar surface area (TPSA) is 40.6 Å². The Bertz CT molecular complexity index is 812. The van der Waals surface area contributed by atoms with Crippen LogP contribution >= 0.6 is 0 Å². The van der Waals surface area contributed by atoms with Gasteiger partial charge in [0.2, 0.25) is 10.0 Å². The Morgan fingerprint density at radius 1 is 0.920 bits per heavy atom. The van der Waals surface area contributed by atoms with Crippen LogP contribution in [-0.4, -0.2) is 50.3 Å². The molecule has 2 aromatic rings. The van der Waals surface area contributed by atoms with Crippen molar-refractivity contribution in [3.05, 3.63) is 72.1 Å². The molecule has 0 spiro atoms. The molecule has 25 heavy (non-hydrogen) atoms. The van der Waals surface area contributed by atoms with Crippen molar-refractivity contribution < 1.29 is 12.8 Å². The molecule has 0 radical (unpaired) electrons. The molecule has 0 atom stereocenters. The van der Waals surface area contributed by atoms with Crippen molar-refractivity contribution in [1.82, 2.24) is 9.21 Å². The van der Waals surface area contributed by atoms with Gasteiger partial charge in [0.1, 0.15) is 5.82 Å². The van der Waals surface area contributed by atoms with Gasteiger partial charge in [0.05, 0.1) is 4.90 Å². The number of hydrogen-bond acceptors (Lipinski definition) is 3. The van der Waals surface area contributed by atoms with Gasteiger partial charge in [-0.15, -0.1) is 0 Å². The van der Waals surface area contributed by atoms with Crippen molar-refractivity contribution in [2.45, 2.75) is 4.90 Å². The largest absolute Gasteiger partial charge is 0.297 e. The summed E-state index contributed by atoms with van der Waals surface area (Å²) in [4.78, 5) is 2.36. The standard InChI is InChI=1S/C19H21FN2O2S/c20-18-8-10-19(11-9-18)25(23,24)22-15-13-21(14-16-22)12-4-7-17-5-2-1-3-6-17/h1-11H,12-16H2/b7-4+. The highest BCUT2D eigenvalue weighted by molar-refractivity contribution is 7.89. The lowest BCUT2D eigenvalue weighted by Crippen LogP contribution is -2.48. The quantitative estimate of drug-likeness (QED) is 0.823. The average molecular weight is 360 g/mol. The SMILES string of the molecule is O=S(=O)(c1ccc(F)cc1)N1CCN(C/C=C/c2ccccc2)CC1. The van der Waals surface area contributed by atoms with E-state index in [0.29, 0.717) is 26.2 Å². The molecule has 0 aromatic heterocycles. The maximum absolute atomic E-state index is 13.0. The van der Waals surface area contributed by atoms with Crippen LogP contribution in [0.4, 0.5) is 4.39 Å². The van der Waals surface area contributed by atoms with Gasteiger partial charge in [-0.1, -0.05) is 42.5 Å². The molecule has 1 heterocycles. The molecule has 0 aliphatic carbocycles. The molecule has 0 bridgehead atoms. The molecular formula is C19H21FN2O2S. The van der Waals surface area contributed by atoms with E-state index >= 15 is 0 Å². The second kappa shape index (κ2) is 7.91. The molecule has 6 heteroatoms. The van der Waals surface area contributed by atoms with Crippen molar-refractivity contribution in [2.75, 3.05) is 32.7 Å². The van der Waals surface area contributed by atoms with Gasteiger partial charge in [-0.3, -0.25) is 4.90 Å². The third kappa shape index (κ3) is 4.54. The van der Waals surface area contributed by atoms with Crippen molar-refractivity contribution in [1.29, 1.82) is 0 Å². The van der Waals surface area contributed by atoms with Crippen LogP contribution in [0.2, 0.25) is 0 Å². The molecular weight excluding hydrogens is 339 g/mol. The van der Waals surface area contributed by atoms with Gasteiger partial charge in [-0.25, -0.2) is 12.8 Å². The highest BCUT2D eigenvalue weighted by Crippen LogP contribution is 2.18. The number of halogens is 1. The fourth-order valence-electron chi connectivity index (χ4n) is 2.81. The van der Waals surface area contributed by atoms with Crippen molar-refractivity contribution in [2.24, 2.45) is 0 Å². The van der Waals surface area contributed by atoms with E-state index in [4.69, 9.17) is 0 Å². The lowest BCUT2D eigenvalue weighted by molar-refractivity contribution is 0.204. The van der Waals surface area contributed by atoms with E-state index in [0.717, 1.165) is 12.1 Å². The van der Waals surface area contributed by atoms with E-state index < -0.39 is 15.8 Å². The third-order valence-electron chi connectivity index (χ3n) is 4.26. The van der Waals surface area contributed by atoms with Crippen LogP contribution in [-0.2, 0) is 10.0 Å². The van der Waals surface area contributed by atoms with Crippen molar-refractivity contribution >= 4 is 16.1 Å². The summed E-state index contributed by atoms with van der Waals surface area (Å²) in [6.45, 7) is 3.04. The Morgan fingerprint density at radius 3 is 2.20 bits per heavy atom. The first kappa shape index (κ1) is 17.8. The zero-order chi connectivity index (χ0) is 17.7. The summed E-state index contributed by atoms with van der Waals surface area (Å²) >= 11 is 0. The molecule has 0 amide bonds. The van der Waals surface area contributed by atoms with Crippen LogP contribution in [0.1, 0.15) is 5.56 Å². The van der Waals surface area contributed by atoms with E-state index in [1.165, 1.54) is 28.6 Å². The maximum Gasteiger partial charge on any atom is 0.243 e. The Kier molecular flexibility index (Phi) is 5.63. The van der Waals surface area contributed by atoms with Crippen LogP contribution < -0.4 is 0 Å². The molecule has 2 aromatic carbocycles. The van der Waals surface area contributed by atoms with E-state index in [-0.39, 0.29) is 4.90 Å². The lowest BCUT2D eigenvalue weighted by atomic mass is 10.2. The van der Waals surface area contributed by atoms with Crippen LogP contribution in [0.15, 0.2) is 65.6 Å². The Morgan fingerprint density at radius 2 is 1.56 bits per heavy atom. The number of hydrogen-bond donors (Lipinski definition) is 0. The summed E-state index contributed by atoms with van der Waals surface area (Å²) in [5.74, 6) is -0.436.